The van der Waals surface area contributed by atoms with Crippen LogP contribution in [0.25, 0.3) is 0 Å². The van der Waals surface area contributed by atoms with Crippen LogP contribution >= 0.6 is 7.82 Å². The Hall–Kier alpha value is -2.13. The van der Waals surface area contributed by atoms with Crippen molar-refractivity contribution in [1.29, 1.82) is 0 Å². The number of phenols is 1. The molecule has 23 heavy (non-hydrogen) atoms. The monoisotopic (exact) mass is 349 g/mol. The highest BCUT2D eigenvalue weighted by Crippen LogP contribution is 2.41. The standard InChI is InChI=1S/C12H16NO9P/c14-4-3-11(16)13-8(12(17)18)5-7-1-2-10(9(15)6-7)22-23(19,20)21/h1-2,6,8,14-15H,3-5H2,(H,13,16)(H,17,18)(H2,19,20,21). The average molecular weight is 349 g/mol. The summed E-state index contributed by atoms with van der Waals surface area (Å²) in [6.07, 6.45) is -0.430. The molecular weight excluding hydrogens is 333 g/mol. The summed E-state index contributed by atoms with van der Waals surface area (Å²) >= 11 is 0. The number of carbonyl (C=O) groups is 2. The third-order valence-corrected chi connectivity index (χ3v) is 3.09. The van der Waals surface area contributed by atoms with Crippen molar-refractivity contribution >= 4 is 19.7 Å². The van der Waals surface area contributed by atoms with Gasteiger partial charge in [-0.2, -0.15) is 0 Å². The maximum Gasteiger partial charge on any atom is 0.524 e. The molecule has 0 aliphatic rings. The third-order valence-electron chi connectivity index (χ3n) is 2.65. The van der Waals surface area contributed by atoms with Gasteiger partial charge in [0.15, 0.2) is 11.5 Å². The topological polar surface area (TPSA) is 174 Å². The van der Waals surface area contributed by atoms with Crippen molar-refractivity contribution in [3.63, 3.8) is 0 Å². The van der Waals surface area contributed by atoms with E-state index in [1.54, 1.807) is 0 Å². The minimum absolute atomic E-state index is 0.184. The summed E-state index contributed by atoms with van der Waals surface area (Å²) in [5.74, 6) is -3.01. The number of carboxylic acids is 1. The number of hydrogen-bond donors (Lipinski definition) is 6. The van der Waals surface area contributed by atoms with Crippen LogP contribution in [0.1, 0.15) is 12.0 Å². The van der Waals surface area contributed by atoms with Crippen LogP contribution in [0.3, 0.4) is 0 Å². The largest absolute Gasteiger partial charge is 0.524 e. The van der Waals surface area contributed by atoms with Crippen LogP contribution in [-0.4, -0.2) is 49.6 Å². The predicted molar refractivity (Wildman–Crippen MR) is 75.8 cm³/mol. The lowest BCUT2D eigenvalue weighted by atomic mass is 10.1. The Morgan fingerprint density at radius 1 is 1.30 bits per heavy atom. The fourth-order valence-electron chi connectivity index (χ4n) is 1.70. The van der Waals surface area contributed by atoms with E-state index in [9.17, 15) is 19.3 Å². The molecule has 128 valence electrons. The summed E-state index contributed by atoms with van der Waals surface area (Å²) in [7, 11) is -4.83. The maximum absolute atomic E-state index is 11.3. The Kier molecular flexibility index (Phi) is 6.52. The summed E-state index contributed by atoms with van der Waals surface area (Å²) in [6, 6.07) is 2.14. The quantitative estimate of drug-likeness (QED) is 0.333. The Bertz CT molecular complexity index is 627. The molecular formula is C12H16NO9P. The van der Waals surface area contributed by atoms with Crippen molar-refractivity contribution in [3.05, 3.63) is 23.8 Å². The zero-order chi connectivity index (χ0) is 17.6. The predicted octanol–water partition coefficient (Wildman–Crippen LogP) is -0.642. The number of rotatable bonds is 8. The fourth-order valence-corrected chi connectivity index (χ4v) is 2.11. The van der Waals surface area contributed by atoms with Gasteiger partial charge in [-0.15, -0.1) is 0 Å². The van der Waals surface area contributed by atoms with Gasteiger partial charge in [0, 0.05) is 12.8 Å². The van der Waals surface area contributed by atoms with Crippen molar-refractivity contribution in [2.75, 3.05) is 6.61 Å². The van der Waals surface area contributed by atoms with Gasteiger partial charge in [-0.25, -0.2) is 9.36 Å². The lowest BCUT2D eigenvalue weighted by molar-refractivity contribution is -0.141. The van der Waals surface area contributed by atoms with Gasteiger partial charge in [-0.1, -0.05) is 6.07 Å². The molecule has 0 aliphatic carbocycles. The Labute approximate surface area is 130 Å². The highest BCUT2D eigenvalue weighted by molar-refractivity contribution is 7.46. The number of phosphoric acid groups is 1. The number of phenolic OH excluding ortho intramolecular Hbond substituents is 1. The van der Waals surface area contributed by atoms with Crippen molar-refractivity contribution in [2.45, 2.75) is 18.9 Å². The van der Waals surface area contributed by atoms with Crippen LogP contribution < -0.4 is 9.84 Å². The summed E-state index contributed by atoms with van der Waals surface area (Å²) in [5, 5.41) is 29.5. The number of aromatic hydroxyl groups is 1. The van der Waals surface area contributed by atoms with Gasteiger partial charge in [-0.3, -0.25) is 14.6 Å². The zero-order valence-electron chi connectivity index (χ0n) is 11.7. The molecule has 0 aromatic heterocycles. The molecule has 0 fully saturated rings. The van der Waals surface area contributed by atoms with Crippen molar-refractivity contribution in [1.82, 2.24) is 5.32 Å². The van der Waals surface area contributed by atoms with Gasteiger partial charge in [0.05, 0.1) is 6.61 Å². The molecule has 6 N–H and O–H groups in total. The average Bonchev–Trinajstić information content (AvgIpc) is 2.40. The molecule has 11 heteroatoms. The van der Waals surface area contributed by atoms with Gasteiger partial charge in [0.25, 0.3) is 0 Å². The number of nitrogens with one attached hydrogen (secondary N) is 1. The number of carbonyl (C=O) groups excluding carboxylic acids is 1. The molecule has 0 saturated carbocycles. The van der Waals surface area contributed by atoms with E-state index < -0.39 is 43.8 Å². The second-order valence-corrected chi connectivity index (χ2v) is 5.68. The molecule has 0 aliphatic heterocycles. The van der Waals surface area contributed by atoms with E-state index in [1.807, 2.05) is 0 Å². The minimum Gasteiger partial charge on any atom is -0.504 e. The molecule has 0 saturated heterocycles. The first kappa shape index (κ1) is 18.9. The second kappa shape index (κ2) is 7.93. The number of benzene rings is 1. The van der Waals surface area contributed by atoms with Crippen LogP contribution in [0.4, 0.5) is 0 Å². The Morgan fingerprint density at radius 2 is 1.96 bits per heavy atom. The SMILES string of the molecule is O=C(CCO)NC(Cc1ccc(OP(=O)(O)O)c(O)c1)C(=O)O. The summed E-state index contributed by atoms with van der Waals surface area (Å²) in [4.78, 5) is 39.8. The third kappa shape index (κ3) is 6.66. The van der Waals surface area contributed by atoms with E-state index in [-0.39, 0.29) is 18.4 Å². The Balaban J connectivity index is 2.85. The normalized spacial score (nSPS) is 12.5. The van der Waals surface area contributed by atoms with Crippen molar-refractivity contribution < 1.29 is 43.8 Å². The van der Waals surface area contributed by atoms with Gasteiger partial charge in [0.1, 0.15) is 6.04 Å². The Morgan fingerprint density at radius 3 is 2.43 bits per heavy atom. The number of aliphatic carboxylic acids is 1. The first-order chi connectivity index (χ1) is 10.6. The molecule has 1 aromatic carbocycles. The number of carboxylic acid groups (broad SMARTS) is 1. The van der Waals surface area contributed by atoms with Gasteiger partial charge >= 0.3 is 13.8 Å². The van der Waals surface area contributed by atoms with Crippen LogP contribution in [-0.2, 0) is 20.6 Å². The molecule has 1 atom stereocenters. The molecule has 1 unspecified atom stereocenters. The first-order valence-electron chi connectivity index (χ1n) is 6.32. The van der Waals surface area contributed by atoms with Crippen LogP contribution in [0.15, 0.2) is 18.2 Å². The van der Waals surface area contributed by atoms with E-state index in [0.29, 0.717) is 0 Å². The van der Waals surface area contributed by atoms with Crippen LogP contribution in [0.5, 0.6) is 11.5 Å². The maximum atomic E-state index is 11.3. The molecule has 10 nitrogen and oxygen atoms in total. The van der Waals surface area contributed by atoms with E-state index in [1.165, 1.54) is 6.07 Å². The summed E-state index contributed by atoms with van der Waals surface area (Å²) in [5.41, 5.74) is 0.289. The number of amides is 1. The lowest BCUT2D eigenvalue weighted by Gasteiger charge is -2.15. The first-order valence-corrected chi connectivity index (χ1v) is 7.85. The van der Waals surface area contributed by atoms with E-state index in [2.05, 4.69) is 9.84 Å². The minimum atomic E-state index is -4.83. The number of aliphatic hydroxyl groups excluding tert-OH is 1. The molecule has 0 bridgehead atoms. The highest BCUT2D eigenvalue weighted by Gasteiger charge is 2.22. The summed E-state index contributed by atoms with van der Waals surface area (Å²) in [6.45, 7) is -0.423. The molecule has 1 aromatic rings. The molecule has 0 spiro atoms. The summed E-state index contributed by atoms with van der Waals surface area (Å²) < 4.78 is 14.9. The van der Waals surface area contributed by atoms with E-state index in [0.717, 1.165) is 12.1 Å². The molecule has 1 rings (SSSR count). The van der Waals surface area contributed by atoms with Crippen LogP contribution in [0.2, 0.25) is 0 Å². The molecule has 0 heterocycles. The lowest BCUT2D eigenvalue weighted by Crippen LogP contribution is -2.42. The van der Waals surface area contributed by atoms with Crippen molar-refractivity contribution in [2.24, 2.45) is 0 Å². The number of hydrogen-bond acceptors (Lipinski definition) is 6. The van der Waals surface area contributed by atoms with Crippen LogP contribution in [0, 0.1) is 0 Å². The zero-order valence-corrected chi connectivity index (χ0v) is 12.6. The van der Waals surface area contributed by atoms with E-state index >= 15 is 0 Å². The van der Waals surface area contributed by atoms with Gasteiger partial charge < -0.3 is 25.2 Å². The fraction of sp³-hybridized carbons (Fsp3) is 0.333. The van der Waals surface area contributed by atoms with Crippen molar-refractivity contribution in [3.8, 4) is 11.5 Å². The van der Waals surface area contributed by atoms with Gasteiger partial charge in [0.2, 0.25) is 5.91 Å². The molecule has 1 amide bonds. The number of aliphatic hydroxyl groups is 1. The van der Waals surface area contributed by atoms with E-state index in [4.69, 9.17) is 20.0 Å². The van der Waals surface area contributed by atoms with Gasteiger partial charge in [-0.05, 0) is 17.7 Å². The smallest absolute Gasteiger partial charge is 0.504 e. The molecule has 0 radical (unpaired) electrons. The second-order valence-electron chi connectivity index (χ2n) is 4.52. The number of phosphoric ester groups is 1. The highest BCUT2D eigenvalue weighted by atomic mass is 31.2.